The van der Waals surface area contributed by atoms with Crippen molar-refractivity contribution in [2.45, 2.75) is 12.3 Å². The Hall–Kier alpha value is -1.75. The highest BCUT2D eigenvalue weighted by Crippen LogP contribution is 2.26. The van der Waals surface area contributed by atoms with E-state index in [2.05, 4.69) is 15.3 Å². The van der Waals surface area contributed by atoms with Crippen molar-refractivity contribution in [3.05, 3.63) is 41.9 Å². The predicted octanol–water partition coefficient (Wildman–Crippen LogP) is 2.43. The number of hydrogen-bond acceptors (Lipinski definition) is 2. The van der Waals surface area contributed by atoms with Gasteiger partial charge in [0.25, 0.3) is 0 Å². The van der Waals surface area contributed by atoms with E-state index in [9.17, 15) is 8.78 Å². The summed E-state index contributed by atoms with van der Waals surface area (Å²) < 4.78 is 26.8. The molecule has 94 valence electrons. The molecule has 18 heavy (non-hydrogen) atoms. The summed E-state index contributed by atoms with van der Waals surface area (Å²) in [6.07, 6.45) is 2.57. The number of benzene rings is 1. The molecule has 3 nitrogen and oxygen atoms in total. The van der Waals surface area contributed by atoms with Crippen molar-refractivity contribution >= 4 is 0 Å². The van der Waals surface area contributed by atoms with Crippen molar-refractivity contribution in [3.63, 3.8) is 0 Å². The molecule has 1 aromatic carbocycles. The van der Waals surface area contributed by atoms with Gasteiger partial charge in [0.2, 0.25) is 0 Å². The van der Waals surface area contributed by atoms with Crippen LogP contribution in [-0.4, -0.2) is 23.1 Å². The third-order valence-corrected chi connectivity index (χ3v) is 3.28. The van der Waals surface area contributed by atoms with Crippen LogP contribution in [0.3, 0.4) is 0 Å². The zero-order valence-electron chi connectivity index (χ0n) is 9.71. The highest BCUT2D eigenvalue weighted by atomic mass is 19.2. The molecule has 1 unspecified atom stereocenters. The number of rotatable bonds is 2. The van der Waals surface area contributed by atoms with Gasteiger partial charge in [0.1, 0.15) is 5.82 Å². The van der Waals surface area contributed by atoms with Crippen LogP contribution >= 0.6 is 0 Å². The van der Waals surface area contributed by atoms with Gasteiger partial charge in [-0.05, 0) is 25.1 Å². The van der Waals surface area contributed by atoms with E-state index in [1.807, 2.05) is 0 Å². The van der Waals surface area contributed by atoms with E-state index < -0.39 is 11.6 Å². The molecule has 1 aliphatic heterocycles. The van der Waals surface area contributed by atoms with Crippen LogP contribution in [0.1, 0.15) is 18.2 Å². The van der Waals surface area contributed by atoms with Gasteiger partial charge in [-0.15, -0.1) is 0 Å². The molecule has 0 saturated carbocycles. The smallest absolute Gasteiger partial charge is 0.168 e. The summed E-state index contributed by atoms with van der Waals surface area (Å²) in [4.78, 5) is 7.34. The summed E-state index contributed by atoms with van der Waals surface area (Å²) in [5.74, 6) is -0.516. The molecule has 1 fully saturated rings. The van der Waals surface area contributed by atoms with E-state index in [0.717, 1.165) is 31.4 Å². The van der Waals surface area contributed by atoms with Crippen LogP contribution in [0, 0.1) is 11.6 Å². The molecule has 0 bridgehead atoms. The molecule has 3 rings (SSSR count). The largest absolute Gasteiger partial charge is 0.342 e. The first-order valence-corrected chi connectivity index (χ1v) is 5.95. The minimum atomic E-state index is -0.841. The van der Waals surface area contributed by atoms with Crippen LogP contribution in [0.4, 0.5) is 8.78 Å². The number of aromatic nitrogens is 2. The second-order valence-electron chi connectivity index (χ2n) is 4.47. The summed E-state index contributed by atoms with van der Waals surface area (Å²) in [7, 11) is 0. The molecule has 2 heterocycles. The Kier molecular flexibility index (Phi) is 2.83. The van der Waals surface area contributed by atoms with Crippen molar-refractivity contribution in [2.75, 3.05) is 13.1 Å². The topological polar surface area (TPSA) is 40.7 Å². The fraction of sp³-hybridized carbons (Fsp3) is 0.308. The second-order valence-corrected chi connectivity index (χ2v) is 4.47. The summed E-state index contributed by atoms with van der Waals surface area (Å²) in [6.45, 7) is 1.84. The summed E-state index contributed by atoms with van der Waals surface area (Å²) in [5.41, 5.74) is 0.744. The van der Waals surface area contributed by atoms with Gasteiger partial charge in [-0.2, -0.15) is 0 Å². The van der Waals surface area contributed by atoms with Gasteiger partial charge in [0, 0.05) is 18.0 Å². The van der Waals surface area contributed by atoms with Crippen LogP contribution < -0.4 is 5.32 Å². The fourth-order valence-electron chi connectivity index (χ4n) is 2.28. The minimum Gasteiger partial charge on any atom is -0.342 e. The highest BCUT2D eigenvalue weighted by molar-refractivity contribution is 5.59. The molecule has 1 aliphatic rings. The Morgan fingerprint density at radius 2 is 2.17 bits per heavy atom. The maximum atomic E-state index is 13.6. The quantitative estimate of drug-likeness (QED) is 0.858. The number of aromatic amines is 1. The first kappa shape index (κ1) is 11.3. The zero-order valence-corrected chi connectivity index (χ0v) is 9.71. The Morgan fingerprint density at radius 3 is 2.94 bits per heavy atom. The van der Waals surface area contributed by atoms with E-state index in [1.54, 1.807) is 12.3 Å². The van der Waals surface area contributed by atoms with Gasteiger partial charge in [-0.1, -0.05) is 6.07 Å². The molecule has 5 heteroatoms. The molecule has 2 aromatic rings. The molecule has 1 aromatic heterocycles. The zero-order chi connectivity index (χ0) is 12.5. The molecule has 0 aliphatic carbocycles. The first-order valence-electron chi connectivity index (χ1n) is 5.95. The third-order valence-electron chi connectivity index (χ3n) is 3.28. The molecule has 1 atom stereocenters. The Bertz CT molecular complexity index is 559. The lowest BCUT2D eigenvalue weighted by Gasteiger charge is -2.04. The Morgan fingerprint density at radius 1 is 1.28 bits per heavy atom. The number of nitrogens with one attached hydrogen (secondary N) is 2. The van der Waals surface area contributed by atoms with Gasteiger partial charge < -0.3 is 10.3 Å². The lowest BCUT2D eigenvalue weighted by Crippen LogP contribution is -2.08. The molecule has 1 saturated heterocycles. The van der Waals surface area contributed by atoms with Crippen LogP contribution in [0.5, 0.6) is 0 Å². The summed E-state index contributed by atoms with van der Waals surface area (Å²) in [5, 5.41) is 3.25. The van der Waals surface area contributed by atoms with Crippen LogP contribution in [0.2, 0.25) is 0 Å². The van der Waals surface area contributed by atoms with Gasteiger partial charge in [0.05, 0.1) is 11.9 Å². The van der Waals surface area contributed by atoms with E-state index in [-0.39, 0.29) is 5.56 Å². The lowest BCUT2D eigenvalue weighted by atomic mass is 10.1. The molecule has 0 amide bonds. The molecular weight excluding hydrogens is 236 g/mol. The average molecular weight is 249 g/mol. The van der Waals surface area contributed by atoms with E-state index in [0.29, 0.717) is 11.6 Å². The number of H-pyrrole nitrogens is 1. The number of nitrogens with zero attached hydrogens (tertiary/aromatic N) is 1. The van der Waals surface area contributed by atoms with Gasteiger partial charge in [0.15, 0.2) is 11.6 Å². The fourth-order valence-corrected chi connectivity index (χ4v) is 2.28. The number of imidazole rings is 1. The summed E-state index contributed by atoms with van der Waals surface area (Å²) in [6, 6.07) is 4.14. The minimum absolute atomic E-state index is 0.222. The maximum Gasteiger partial charge on any atom is 0.168 e. The Balaban J connectivity index is 1.95. The normalized spacial score (nSPS) is 19.3. The SMILES string of the molecule is Fc1cccc(-c2cnc(C3CCNC3)[nH]2)c1F. The van der Waals surface area contributed by atoms with Gasteiger partial charge in [-0.3, -0.25) is 0 Å². The van der Waals surface area contributed by atoms with E-state index in [1.165, 1.54) is 6.07 Å². The van der Waals surface area contributed by atoms with Gasteiger partial charge >= 0.3 is 0 Å². The van der Waals surface area contributed by atoms with Crippen LogP contribution in [0.15, 0.2) is 24.4 Å². The van der Waals surface area contributed by atoms with E-state index in [4.69, 9.17) is 0 Å². The van der Waals surface area contributed by atoms with E-state index >= 15 is 0 Å². The second kappa shape index (κ2) is 4.49. The van der Waals surface area contributed by atoms with Crippen molar-refractivity contribution in [1.29, 1.82) is 0 Å². The van der Waals surface area contributed by atoms with Crippen molar-refractivity contribution in [3.8, 4) is 11.3 Å². The standard InChI is InChI=1S/C13H13F2N3/c14-10-3-1-2-9(12(10)15)11-7-17-13(18-11)8-4-5-16-6-8/h1-3,7-8,16H,4-6H2,(H,17,18). The maximum absolute atomic E-state index is 13.6. The number of hydrogen-bond donors (Lipinski definition) is 2. The molecule has 0 radical (unpaired) electrons. The van der Waals surface area contributed by atoms with Crippen LogP contribution in [0.25, 0.3) is 11.3 Å². The predicted molar refractivity (Wildman–Crippen MR) is 64.2 cm³/mol. The molecule has 2 N–H and O–H groups in total. The van der Waals surface area contributed by atoms with Gasteiger partial charge in [-0.25, -0.2) is 13.8 Å². The number of halogens is 2. The molecular formula is C13H13F2N3. The molecule has 0 spiro atoms. The van der Waals surface area contributed by atoms with Crippen molar-refractivity contribution in [1.82, 2.24) is 15.3 Å². The van der Waals surface area contributed by atoms with Crippen LogP contribution in [-0.2, 0) is 0 Å². The van der Waals surface area contributed by atoms with Crippen molar-refractivity contribution < 1.29 is 8.78 Å². The highest BCUT2D eigenvalue weighted by Gasteiger charge is 2.20. The first-order chi connectivity index (χ1) is 8.75. The lowest BCUT2D eigenvalue weighted by molar-refractivity contribution is 0.511. The van der Waals surface area contributed by atoms with Crippen molar-refractivity contribution in [2.24, 2.45) is 0 Å². The Labute approximate surface area is 103 Å². The summed E-state index contributed by atoms with van der Waals surface area (Å²) >= 11 is 0. The monoisotopic (exact) mass is 249 g/mol. The third kappa shape index (κ3) is 1.90. The average Bonchev–Trinajstić information content (AvgIpc) is 3.01.